The molecule has 1 aliphatic rings. The molecule has 0 N–H and O–H groups in total. The summed E-state index contributed by atoms with van der Waals surface area (Å²) in [6, 6.07) is 9.49. The number of rotatable bonds is 4. The molecule has 0 aromatic heterocycles. The first-order valence-corrected chi connectivity index (χ1v) is 7.98. The fourth-order valence-corrected chi connectivity index (χ4v) is 3.04. The van der Waals surface area contributed by atoms with Gasteiger partial charge in [-0.2, -0.15) is 0 Å². The molecule has 0 unspecified atom stereocenters. The Morgan fingerprint density at radius 2 is 1.83 bits per heavy atom. The minimum Gasteiger partial charge on any atom is -0.464 e. The summed E-state index contributed by atoms with van der Waals surface area (Å²) in [6.45, 7) is 8.60. The average Bonchev–Trinajstić information content (AvgIpc) is 2.44. The first-order valence-electron chi connectivity index (χ1n) is 7.98. The van der Waals surface area contributed by atoms with E-state index >= 15 is 0 Å². The second-order valence-electron chi connectivity index (χ2n) is 6.77. The molecule has 1 aliphatic heterocycles. The van der Waals surface area contributed by atoms with Crippen molar-refractivity contribution in [1.82, 2.24) is 4.90 Å². The van der Waals surface area contributed by atoms with Crippen molar-refractivity contribution < 1.29 is 19.1 Å². The number of hydrogen-bond donors (Lipinski definition) is 0. The topological polar surface area (TPSA) is 55.8 Å². The van der Waals surface area contributed by atoms with E-state index in [-0.39, 0.29) is 12.6 Å². The van der Waals surface area contributed by atoms with E-state index in [4.69, 9.17) is 9.47 Å². The van der Waals surface area contributed by atoms with Crippen molar-refractivity contribution in [3.05, 3.63) is 35.9 Å². The van der Waals surface area contributed by atoms with Gasteiger partial charge in [-0.15, -0.1) is 0 Å². The summed E-state index contributed by atoms with van der Waals surface area (Å²) in [7, 11) is 0. The Kier molecular flexibility index (Phi) is 4.97. The van der Waals surface area contributed by atoms with E-state index in [2.05, 4.69) is 0 Å². The van der Waals surface area contributed by atoms with Gasteiger partial charge >= 0.3 is 12.1 Å². The molecule has 1 heterocycles. The standard InChI is InChI=1S/C18H25NO4/c1-5-22-15(20)18(17(2,3)4)11-12-19(18)16(21)23-13-14-9-7-6-8-10-14/h6-10H,5,11-13H2,1-4H3/t18-/m1/s1. The van der Waals surface area contributed by atoms with Crippen molar-refractivity contribution in [2.24, 2.45) is 5.41 Å². The molecule has 0 saturated carbocycles. The van der Waals surface area contributed by atoms with E-state index in [1.165, 1.54) is 4.90 Å². The fourth-order valence-electron chi connectivity index (χ4n) is 3.04. The van der Waals surface area contributed by atoms with Crippen LogP contribution in [-0.4, -0.2) is 35.7 Å². The molecule has 126 valence electrons. The van der Waals surface area contributed by atoms with Crippen LogP contribution in [0.1, 0.15) is 39.7 Å². The summed E-state index contributed by atoms with van der Waals surface area (Å²) in [6.07, 6.45) is 0.124. The van der Waals surface area contributed by atoms with E-state index in [0.717, 1.165) is 5.56 Å². The van der Waals surface area contributed by atoms with Crippen LogP contribution >= 0.6 is 0 Å². The van der Waals surface area contributed by atoms with Crippen LogP contribution < -0.4 is 0 Å². The maximum atomic E-state index is 12.5. The van der Waals surface area contributed by atoms with Gasteiger partial charge in [-0.25, -0.2) is 9.59 Å². The van der Waals surface area contributed by atoms with Crippen molar-refractivity contribution in [3.8, 4) is 0 Å². The summed E-state index contributed by atoms with van der Waals surface area (Å²) in [5, 5.41) is 0. The first kappa shape index (κ1) is 17.3. The third-order valence-corrected chi connectivity index (χ3v) is 4.44. The quantitative estimate of drug-likeness (QED) is 0.798. The first-order chi connectivity index (χ1) is 10.8. The highest BCUT2D eigenvalue weighted by Gasteiger charge is 2.62. The number of benzene rings is 1. The minimum absolute atomic E-state index is 0.194. The molecule has 5 nitrogen and oxygen atoms in total. The Morgan fingerprint density at radius 1 is 1.17 bits per heavy atom. The molecule has 0 radical (unpaired) electrons. The van der Waals surface area contributed by atoms with Crippen LogP contribution in [0.5, 0.6) is 0 Å². The molecular weight excluding hydrogens is 294 g/mol. The highest BCUT2D eigenvalue weighted by atomic mass is 16.6. The molecular formula is C18H25NO4. The second-order valence-corrected chi connectivity index (χ2v) is 6.77. The molecule has 0 aliphatic carbocycles. The van der Waals surface area contributed by atoms with E-state index in [1.54, 1.807) is 6.92 Å². The second kappa shape index (κ2) is 6.60. The van der Waals surface area contributed by atoms with Gasteiger partial charge in [0, 0.05) is 6.54 Å². The molecule has 1 atom stereocenters. The van der Waals surface area contributed by atoms with Gasteiger partial charge in [0.1, 0.15) is 12.1 Å². The Bertz CT molecular complexity index is 564. The van der Waals surface area contributed by atoms with E-state index in [0.29, 0.717) is 19.6 Å². The fraction of sp³-hybridized carbons (Fsp3) is 0.556. The molecule has 5 heteroatoms. The Hall–Kier alpha value is -2.04. The van der Waals surface area contributed by atoms with Crippen LogP contribution in [0.15, 0.2) is 30.3 Å². The van der Waals surface area contributed by atoms with Gasteiger partial charge in [0.2, 0.25) is 0 Å². The molecule has 1 saturated heterocycles. The highest BCUT2D eigenvalue weighted by molar-refractivity contribution is 5.88. The van der Waals surface area contributed by atoms with Crippen LogP contribution in [0.2, 0.25) is 0 Å². The van der Waals surface area contributed by atoms with Crippen molar-refractivity contribution in [2.75, 3.05) is 13.2 Å². The van der Waals surface area contributed by atoms with E-state index < -0.39 is 17.0 Å². The van der Waals surface area contributed by atoms with E-state index in [1.807, 2.05) is 51.1 Å². The van der Waals surface area contributed by atoms with Gasteiger partial charge in [-0.3, -0.25) is 4.90 Å². The maximum Gasteiger partial charge on any atom is 0.411 e. The SMILES string of the molecule is CCOC(=O)[C@@]1(C(C)(C)C)CCN1C(=O)OCc1ccccc1. The number of esters is 1. The van der Waals surface area contributed by atoms with Crippen LogP contribution in [0.25, 0.3) is 0 Å². The van der Waals surface area contributed by atoms with Crippen LogP contribution in [0.3, 0.4) is 0 Å². The van der Waals surface area contributed by atoms with Gasteiger partial charge in [-0.05, 0) is 24.3 Å². The molecule has 0 spiro atoms. The Morgan fingerprint density at radius 3 is 2.30 bits per heavy atom. The van der Waals surface area contributed by atoms with Crippen LogP contribution in [-0.2, 0) is 20.9 Å². The lowest BCUT2D eigenvalue weighted by Gasteiger charge is -2.56. The predicted octanol–water partition coefficient (Wildman–Crippen LogP) is 3.38. The summed E-state index contributed by atoms with van der Waals surface area (Å²) < 4.78 is 10.6. The van der Waals surface area contributed by atoms with Gasteiger partial charge in [0.05, 0.1) is 6.61 Å². The summed E-state index contributed by atoms with van der Waals surface area (Å²) in [4.78, 5) is 26.5. The number of amides is 1. The Labute approximate surface area is 137 Å². The van der Waals surface area contributed by atoms with Crippen LogP contribution in [0, 0.1) is 5.41 Å². The molecule has 0 bridgehead atoms. The monoisotopic (exact) mass is 319 g/mol. The lowest BCUT2D eigenvalue weighted by molar-refractivity contribution is -0.178. The van der Waals surface area contributed by atoms with Gasteiger partial charge in [0.15, 0.2) is 0 Å². The number of carbonyl (C=O) groups is 2. The van der Waals surface area contributed by atoms with Crippen molar-refractivity contribution in [1.29, 1.82) is 0 Å². The van der Waals surface area contributed by atoms with Gasteiger partial charge < -0.3 is 9.47 Å². The Balaban J connectivity index is 2.11. The molecule has 1 fully saturated rings. The zero-order chi connectivity index (χ0) is 17.1. The molecule has 1 aromatic rings. The maximum absolute atomic E-state index is 12.5. The zero-order valence-electron chi connectivity index (χ0n) is 14.3. The largest absolute Gasteiger partial charge is 0.464 e. The van der Waals surface area contributed by atoms with Gasteiger partial charge in [0.25, 0.3) is 0 Å². The molecule has 1 aromatic carbocycles. The van der Waals surface area contributed by atoms with Crippen molar-refractivity contribution in [3.63, 3.8) is 0 Å². The average molecular weight is 319 g/mol. The number of ether oxygens (including phenoxy) is 2. The predicted molar refractivity (Wildman–Crippen MR) is 86.8 cm³/mol. The highest BCUT2D eigenvalue weighted by Crippen LogP contribution is 2.46. The summed E-state index contributed by atoms with van der Waals surface area (Å²) >= 11 is 0. The van der Waals surface area contributed by atoms with Crippen molar-refractivity contribution >= 4 is 12.1 Å². The molecule has 1 amide bonds. The number of likely N-dealkylation sites (tertiary alicyclic amines) is 1. The molecule has 2 rings (SSSR count). The third-order valence-electron chi connectivity index (χ3n) is 4.44. The zero-order valence-corrected chi connectivity index (χ0v) is 14.3. The number of carbonyl (C=O) groups excluding carboxylic acids is 2. The normalized spacial score (nSPS) is 20.6. The molecule has 23 heavy (non-hydrogen) atoms. The lowest BCUT2D eigenvalue weighted by Crippen LogP contribution is -2.72. The van der Waals surface area contributed by atoms with Gasteiger partial charge in [-0.1, -0.05) is 51.1 Å². The minimum atomic E-state index is -0.948. The lowest BCUT2D eigenvalue weighted by atomic mass is 9.66. The van der Waals surface area contributed by atoms with E-state index in [9.17, 15) is 9.59 Å². The van der Waals surface area contributed by atoms with Crippen molar-refractivity contribution in [2.45, 2.75) is 46.3 Å². The summed E-state index contributed by atoms with van der Waals surface area (Å²) in [5.74, 6) is -0.351. The number of nitrogens with zero attached hydrogens (tertiary/aromatic N) is 1. The third kappa shape index (κ3) is 3.19. The number of hydrogen-bond acceptors (Lipinski definition) is 4. The smallest absolute Gasteiger partial charge is 0.411 e. The van der Waals surface area contributed by atoms with Crippen LogP contribution in [0.4, 0.5) is 4.79 Å². The summed E-state index contributed by atoms with van der Waals surface area (Å²) in [5.41, 5.74) is -0.459.